The highest BCUT2D eigenvalue weighted by molar-refractivity contribution is 5.93. The molecule has 2 aromatic carbocycles. The maximum absolute atomic E-state index is 12.5. The van der Waals surface area contributed by atoms with E-state index in [0.29, 0.717) is 24.6 Å². The highest BCUT2D eigenvalue weighted by atomic mass is 16.6. The Morgan fingerprint density at radius 3 is 2.40 bits per heavy atom. The monoisotopic (exact) mass is 416 g/mol. The fourth-order valence-electron chi connectivity index (χ4n) is 2.91. The van der Waals surface area contributed by atoms with E-state index in [1.165, 1.54) is 44.2 Å². The van der Waals surface area contributed by atoms with Gasteiger partial charge >= 0.3 is 5.97 Å². The average molecular weight is 416 g/mol. The van der Waals surface area contributed by atoms with Crippen LogP contribution in [0.5, 0.6) is 11.5 Å². The van der Waals surface area contributed by atoms with Crippen molar-refractivity contribution in [2.45, 2.75) is 20.4 Å². The predicted molar refractivity (Wildman–Crippen MR) is 109 cm³/mol. The van der Waals surface area contributed by atoms with Crippen LogP contribution in [0.1, 0.15) is 28.4 Å². The molecule has 0 aromatic heterocycles. The van der Waals surface area contributed by atoms with Crippen LogP contribution in [0, 0.1) is 17.0 Å². The zero-order chi connectivity index (χ0) is 22.3. The smallest absolute Gasteiger partial charge is 0.339 e. The number of carbonyl (C=O) groups excluding carboxylic acids is 2. The van der Waals surface area contributed by atoms with Crippen LogP contribution < -0.4 is 9.47 Å². The van der Waals surface area contributed by atoms with Gasteiger partial charge in [0.25, 0.3) is 11.6 Å². The van der Waals surface area contributed by atoms with E-state index in [4.69, 9.17) is 14.2 Å². The lowest BCUT2D eigenvalue weighted by molar-refractivity contribution is -0.385. The van der Waals surface area contributed by atoms with Crippen molar-refractivity contribution in [2.24, 2.45) is 0 Å². The summed E-state index contributed by atoms with van der Waals surface area (Å²) in [6.45, 7) is 3.50. The van der Waals surface area contributed by atoms with Crippen LogP contribution in [0.4, 0.5) is 5.69 Å². The number of hydrogen-bond acceptors (Lipinski definition) is 7. The molecule has 160 valence electrons. The van der Waals surface area contributed by atoms with Gasteiger partial charge in [-0.1, -0.05) is 12.1 Å². The fraction of sp³-hybridized carbons (Fsp3) is 0.333. The second-order valence-corrected chi connectivity index (χ2v) is 6.38. The van der Waals surface area contributed by atoms with Crippen molar-refractivity contribution < 1.29 is 28.7 Å². The van der Waals surface area contributed by atoms with Gasteiger partial charge in [-0.3, -0.25) is 14.9 Å². The second kappa shape index (κ2) is 10.2. The third-order valence-corrected chi connectivity index (χ3v) is 4.60. The van der Waals surface area contributed by atoms with Crippen molar-refractivity contribution >= 4 is 17.6 Å². The SMILES string of the molecule is CCN(Cc1ccc(OC)c(OC)c1)C(=O)COC(=O)c1cccc([N+](=O)[O-])c1C. The normalized spacial score (nSPS) is 10.3. The van der Waals surface area contributed by atoms with Crippen LogP contribution in [0.3, 0.4) is 0 Å². The third kappa shape index (κ3) is 5.25. The van der Waals surface area contributed by atoms with Crippen molar-refractivity contribution in [2.75, 3.05) is 27.4 Å². The first-order valence-electron chi connectivity index (χ1n) is 9.22. The number of amides is 1. The zero-order valence-corrected chi connectivity index (χ0v) is 17.3. The summed E-state index contributed by atoms with van der Waals surface area (Å²) in [4.78, 5) is 36.8. The molecule has 0 fully saturated rings. The maximum atomic E-state index is 12.5. The van der Waals surface area contributed by atoms with Gasteiger partial charge < -0.3 is 19.1 Å². The van der Waals surface area contributed by atoms with Crippen molar-refractivity contribution in [1.82, 2.24) is 4.90 Å². The van der Waals surface area contributed by atoms with Crippen LogP contribution in [0.15, 0.2) is 36.4 Å². The van der Waals surface area contributed by atoms with E-state index < -0.39 is 17.5 Å². The summed E-state index contributed by atoms with van der Waals surface area (Å²) >= 11 is 0. The minimum Gasteiger partial charge on any atom is -0.493 e. The first-order chi connectivity index (χ1) is 14.3. The summed E-state index contributed by atoms with van der Waals surface area (Å²) in [6, 6.07) is 9.47. The molecular weight excluding hydrogens is 392 g/mol. The topological polar surface area (TPSA) is 108 Å². The van der Waals surface area contributed by atoms with Gasteiger partial charge in [0.15, 0.2) is 18.1 Å². The van der Waals surface area contributed by atoms with Crippen LogP contribution in [-0.4, -0.2) is 49.1 Å². The average Bonchev–Trinajstić information content (AvgIpc) is 2.75. The van der Waals surface area contributed by atoms with Gasteiger partial charge in [0.2, 0.25) is 0 Å². The van der Waals surface area contributed by atoms with E-state index in [-0.39, 0.29) is 22.7 Å². The van der Waals surface area contributed by atoms with E-state index in [9.17, 15) is 19.7 Å². The van der Waals surface area contributed by atoms with Crippen molar-refractivity contribution in [3.8, 4) is 11.5 Å². The first-order valence-corrected chi connectivity index (χ1v) is 9.22. The van der Waals surface area contributed by atoms with Crippen LogP contribution in [-0.2, 0) is 16.1 Å². The standard InChI is InChI=1S/C21H24N2O7/c1-5-22(12-15-9-10-18(28-3)19(11-15)29-4)20(24)13-30-21(25)16-7-6-8-17(14(16)2)23(26)27/h6-11H,5,12-13H2,1-4H3. The number of carbonyl (C=O) groups is 2. The molecule has 0 aliphatic heterocycles. The van der Waals surface area contributed by atoms with Gasteiger partial charge in [-0.2, -0.15) is 0 Å². The molecule has 2 aromatic rings. The molecule has 30 heavy (non-hydrogen) atoms. The number of rotatable bonds is 9. The molecule has 0 aliphatic carbocycles. The molecular formula is C21H24N2O7. The molecule has 0 saturated carbocycles. The summed E-state index contributed by atoms with van der Waals surface area (Å²) < 4.78 is 15.6. The number of nitrogens with zero attached hydrogens (tertiary/aromatic N) is 2. The highest BCUT2D eigenvalue weighted by Gasteiger charge is 2.21. The van der Waals surface area contributed by atoms with E-state index in [1.807, 2.05) is 13.0 Å². The van der Waals surface area contributed by atoms with Crippen molar-refractivity contribution in [3.05, 3.63) is 63.2 Å². The molecule has 0 atom stereocenters. The lowest BCUT2D eigenvalue weighted by atomic mass is 10.1. The number of likely N-dealkylation sites (N-methyl/N-ethyl adjacent to an activating group) is 1. The van der Waals surface area contributed by atoms with Gasteiger partial charge in [0, 0.05) is 24.7 Å². The van der Waals surface area contributed by atoms with E-state index in [0.717, 1.165) is 5.56 Å². The summed E-state index contributed by atoms with van der Waals surface area (Å²) in [6.07, 6.45) is 0. The quantitative estimate of drug-likeness (QED) is 0.351. The van der Waals surface area contributed by atoms with Crippen LogP contribution in [0.25, 0.3) is 0 Å². The molecule has 0 bridgehead atoms. The fourth-order valence-corrected chi connectivity index (χ4v) is 2.91. The van der Waals surface area contributed by atoms with Gasteiger partial charge in [-0.25, -0.2) is 4.79 Å². The first kappa shape index (κ1) is 22.7. The maximum Gasteiger partial charge on any atom is 0.339 e. The Morgan fingerprint density at radius 2 is 1.80 bits per heavy atom. The molecule has 0 heterocycles. The van der Waals surface area contributed by atoms with E-state index in [2.05, 4.69) is 0 Å². The number of nitro groups is 1. The second-order valence-electron chi connectivity index (χ2n) is 6.38. The third-order valence-electron chi connectivity index (χ3n) is 4.60. The van der Waals surface area contributed by atoms with Gasteiger partial charge in [-0.05, 0) is 37.6 Å². The summed E-state index contributed by atoms with van der Waals surface area (Å²) in [5.74, 6) is -0.0432. The molecule has 9 nitrogen and oxygen atoms in total. The molecule has 0 saturated heterocycles. The molecule has 1 amide bonds. The zero-order valence-electron chi connectivity index (χ0n) is 17.3. The van der Waals surface area contributed by atoms with Gasteiger partial charge in [0.05, 0.1) is 24.7 Å². The van der Waals surface area contributed by atoms with Crippen molar-refractivity contribution in [1.29, 1.82) is 0 Å². The molecule has 0 spiro atoms. The van der Waals surface area contributed by atoms with E-state index >= 15 is 0 Å². The van der Waals surface area contributed by atoms with Gasteiger partial charge in [0.1, 0.15) is 0 Å². The molecule has 0 N–H and O–H groups in total. The minimum absolute atomic E-state index is 0.0555. The Balaban J connectivity index is 2.05. The summed E-state index contributed by atoms with van der Waals surface area (Å²) in [5.41, 5.74) is 0.890. The minimum atomic E-state index is -0.785. The lowest BCUT2D eigenvalue weighted by Gasteiger charge is -2.21. The lowest BCUT2D eigenvalue weighted by Crippen LogP contribution is -2.34. The Morgan fingerprint density at radius 1 is 1.10 bits per heavy atom. The van der Waals surface area contributed by atoms with Gasteiger partial charge in [-0.15, -0.1) is 0 Å². The molecule has 0 unspecified atom stereocenters. The largest absolute Gasteiger partial charge is 0.493 e. The van der Waals surface area contributed by atoms with Crippen LogP contribution in [0.2, 0.25) is 0 Å². The van der Waals surface area contributed by atoms with E-state index in [1.54, 1.807) is 12.1 Å². The number of hydrogen-bond donors (Lipinski definition) is 0. The number of esters is 1. The number of benzene rings is 2. The number of methoxy groups -OCH3 is 2. The van der Waals surface area contributed by atoms with Crippen molar-refractivity contribution in [3.63, 3.8) is 0 Å². The number of ether oxygens (including phenoxy) is 3. The number of nitro benzene ring substituents is 1. The Labute approximate surface area is 174 Å². The summed E-state index contributed by atoms with van der Waals surface area (Å²) in [5, 5.41) is 11.0. The highest BCUT2D eigenvalue weighted by Crippen LogP contribution is 2.28. The molecule has 9 heteroatoms. The Bertz CT molecular complexity index is 943. The Hall–Kier alpha value is -3.62. The Kier molecular flexibility index (Phi) is 7.74. The molecule has 0 aliphatic rings. The molecule has 0 radical (unpaired) electrons. The summed E-state index contributed by atoms with van der Waals surface area (Å²) in [7, 11) is 3.07. The molecule has 2 rings (SSSR count). The predicted octanol–water partition coefficient (Wildman–Crippen LogP) is 3.13. The van der Waals surface area contributed by atoms with Crippen LogP contribution >= 0.6 is 0 Å².